The summed E-state index contributed by atoms with van der Waals surface area (Å²) in [5.74, 6) is -1.80. The van der Waals surface area contributed by atoms with Gasteiger partial charge in [-0.3, -0.25) is 0 Å². The predicted molar refractivity (Wildman–Crippen MR) is 249 cm³/mol. The summed E-state index contributed by atoms with van der Waals surface area (Å²) in [7, 11) is 0. The van der Waals surface area contributed by atoms with Crippen molar-refractivity contribution >= 4 is 35.0 Å². The van der Waals surface area contributed by atoms with Crippen LogP contribution in [0, 0.1) is 0 Å². The Morgan fingerprint density at radius 2 is 0.333 bits per heavy atom. The summed E-state index contributed by atoms with van der Waals surface area (Å²) in [6.45, 7) is 4.58. The molecule has 0 N–H and O–H groups in total. The third-order valence-corrected chi connectivity index (χ3v) is 12.0. The van der Waals surface area contributed by atoms with Gasteiger partial charge in [-0.05, 0) is 25.7 Å². The molecule has 0 heterocycles. The summed E-state index contributed by atoms with van der Waals surface area (Å²) in [6.07, 6.45) is 63.3. The van der Waals surface area contributed by atoms with Crippen molar-refractivity contribution in [3.63, 3.8) is 0 Å². The summed E-state index contributed by atoms with van der Waals surface area (Å²) >= 11 is 0. The van der Waals surface area contributed by atoms with E-state index in [0.29, 0.717) is 0 Å². The van der Waals surface area contributed by atoms with Gasteiger partial charge in [-0.2, -0.15) is 0 Å². The molecule has 0 rings (SSSR count). The zero-order valence-electron chi connectivity index (χ0n) is 39.3. The first-order valence-corrected chi connectivity index (χ1v) is 25.9. The van der Waals surface area contributed by atoms with Crippen LogP contribution in [0.25, 0.3) is 0 Å². The zero-order valence-corrected chi connectivity index (χ0v) is 40.7. The second-order valence-electron chi connectivity index (χ2n) is 17.8. The van der Waals surface area contributed by atoms with Gasteiger partial charge in [0.05, 0.1) is 0 Å². The van der Waals surface area contributed by atoms with Gasteiger partial charge in [0, 0.05) is 11.9 Å². The Kier molecular flexibility index (Phi) is 61.9. The number of rotatable bonds is 48. The van der Waals surface area contributed by atoms with E-state index in [9.17, 15) is 19.8 Å². The smallest absolute Gasteiger partial charge is 0.550 e. The minimum Gasteiger partial charge on any atom is -0.550 e. The normalized spacial score (nSPS) is 11.0. The third-order valence-electron chi connectivity index (χ3n) is 12.0. The SMILES string of the molecule is CCCCCCCCCCCCCCCCCCCCCCCCCC(=O)[O-].CCCCCCCCCCCCCCCCCCCCCCCCCC(=O)[O-].[Mg+2]. The van der Waals surface area contributed by atoms with E-state index in [-0.39, 0.29) is 35.9 Å². The van der Waals surface area contributed by atoms with Gasteiger partial charge in [-0.25, -0.2) is 0 Å². The molecule has 0 atom stereocenters. The Morgan fingerprint density at radius 3 is 0.439 bits per heavy atom. The van der Waals surface area contributed by atoms with Crippen LogP contribution < -0.4 is 10.2 Å². The number of hydrogen-bond donors (Lipinski definition) is 0. The molecule has 5 heteroatoms. The van der Waals surface area contributed by atoms with Crippen LogP contribution in [-0.4, -0.2) is 35.0 Å². The topological polar surface area (TPSA) is 80.3 Å². The first-order valence-electron chi connectivity index (χ1n) is 25.9. The molecular formula is C52H102MgO4. The Balaban J connectivity index is -0.00000101. The fourth-order valence-electron chi connectivity index (χ4n) is 8.11. The quantitative estimate of drug-likeness (QED) is 0.0452. The van der Waals surface area contributed by atoms with Crippen LogP contribution in [0.1, 0.15) is 322 Å². The van der Waals surface area contributed by atoms with Gasteiger partial charge in [0.2, 0.25) is 0 Å². The maximum atomic E-state index is 10.3. The number of carboxylic acid groups (broad SMARTS) is 2. The van der Waals surface area contributed by atoms with Crippen molar-refractivity contribution in [2.24, 2.45) is 0 Å². The minimum absolute atomic E-state index is 0. The molecule has 0 fully saturated rings. The molecule has 0 spiro atoms. The second-order valence-corrected chi connectivity index (χ2v) is 17.8. The number of hydrogen-bond acceptors (Lipinski definition) is 4. The van der Waals surface area contributed by atoms with Gasteiger partial charge in [-0.15, -0.1) is 0 Å². The molecule has 4 nitrogen and oxygen atoms in total. The maximum Gasteiger partial charge on any atom is 2.00 e. The van der Waals surface area contributed by atoms with Crippen molar-refractivity contribution in [3.05, 3.63) is 0 Å². The molecule has 0 saturated carbocycles. The molecule has 0 aliphatic heterocycles. The molecule has 0 saturated heterocycles. The predicted octanol–water partition coefficient (Wildman–Crippen LogP) is 15.9. The molecular weight excluding hydrogens is 713 g/mol. The van der Waals surface area contributed by atoms with Gasteiger partial charge < -0.3 is 19.8 Å². The summed E-state index contributed by atoms with van der Waals surface area (Å²) in [5, 5.41) is 20.6. The molecule has 336 valence electrons. The van der Waals surface area contributed by atoms with E-state index >= 15 is 0 Å². The van der Waals surface area contributed by atoms with Gasteiger partial charge in [0.15, 0.2) is 0 Å². The third kappa shape index (κ3) is 65.0. The van der Waals surface area contributed by atoms with Crippen LogP contribution >= 0.6 is 0 Å². The van der Waals surface area contributed by atoms with Crippen molar-refractivity contribution in [2.75, 3.05) is 0 Å². The van der Waals surface area contributed by atoms with Crippen molar-refractivity contribution in [2.45, 2.75) is 322 Å². The van der Waals surface area contributed by atoms with E-state index < -0.39 is 11.9 Å². The fourth-order valence-corrected chi connectivity index (χ4v) is 8.11. The molecule has 0 unspecified atom stereocenters. The van der Waals surface area contributed by atoms with Crippen LogP contribution in [0.2, 0.25) is 0 Å². The van der Waals surface area contributed by atoms with E-state index in [0.717, 1.165) is 25.7 Å². The van der Waals surface area contributed by atoms with Crippen LogP contribution in [0.5, 0.6) is 0 Å². The van der Waals surface area contributed by atoms with Crippen molar-refractivity contribution in [3.8, 4) is 0 Å². The van der Waals surface area contributed by atoms with Crippen LogP contribution in [0.15, 0.2) is 0 Å². The van der Waals surface area contributed by atoms with E-state index in [4.69, 9.17) is 0 Å². The van der Waals surface area contributed by atoms with Crippen molar-refractivity contribution in [1.29, 1.82) is 0 Å². The van der Waals surface area contributed by atoms with Gasteiger partial charge in [-0.1, -0.05) is 296 Å². The number of aliphatic carboxylic acids is 2. The monoisotopic (exact) mass is 815 g/mol. The Hall–Kier alpha value is -0.294. The van der Waals surface area contributed by atoms with Crippen LogP contribution in [-0.2, 0) is 9.59 Å². The van der Waals surface area contributed by atoms with Crippen molar-refractivity contribution in [1.82, 2.24) is 0 Å². The van der Waals surface area contributed by atoms with E-state index in [1.807, 2.05) is 0 Å². The summed E-state index contributed by atoms with van der Waals surface area (Å²) in [6, 6.07) is 0. The molecule has 0 bridgehead atoms. The van der Waals surface area contributed by atoms with Gasteiger partial charge in [0.25, 0.3) is 0 Å². The largest absolute Gasteiger partial charge is 2.00 e. The molecule has 0 aliphatic rings. The first kappa shape index (κ1) is 61.0. The average Bonchev–Trinajstić information content (AvgIpc) is 3.18. The number of unbranched alkanes of at least 4 members (excludes halogenated alkanes) is 44. The minimum atomic E-state index is -0.900. The van der Waals surface area contributed by atoms with E-state index in [1.54, 1.807) is 0 Å². The molecule has 0 amide bonds. The molecule has 0 aromatic rings. The Labute approximate surface area is 375 Å². The molecule has 57 heavy (non-hydrogen) atoms. The van der Waals surface area contributed by atoms with E-state index in [2.05, 4.69) is 13.8 Å². The Bertz CT molecular complexity index is 669. The number of carbonyl (C=O) groups excluding carboxylic acids is 2. The number of carbonyl (C=O) groups is 2. The van der Waals surface area contributed by atoms with Gasteiger partial charge >= 0.3 is 23.1 Å². The molecule has 0 aliphatic carbocycles. The van der Waals surface area contributed by atoms with E-state index in [1.165, 1.54) is 270 Å². The molecule has 0 aromatic heterocycles. The standard InChI is InChI=1S/2C26H52O2.Mg/c2*1-2-3-4-5-6-7-8-9-10-11-12-13-14-15-16-17-18-19-20-21-22-23-24-25-26(27)28;/h2*2-25H2,1H3,(H,27,28);/q;;+2/p-2. The zero-order chi connectivity index (χ0) is 41.1. The summed E-state index contributed by atoms with van der Waals surface area (Å²) < 4.78 is 0. The summed E-state index contributed by atoms with van der Waals surface area (Å²) in [5.41, 5.74) is 0. The maximum absolute atomic E-state index is 10.3. The first-order chi connectivity index (χ1) is 27.5. The van der Waals surface area contributed by atoms with Crippen LogP contribution in [0.3, 0.4) is 0 Å². The second kappa shape index (κ2) is 57.8. The number of carboxylic acids is 2. The van der Waals surface area contributed by atoms with Crippen molar-refractivity contribution < 1.29 is 19.8 Å². The summed E-state index contributed by atoms with van der Waals surface area (Å²) in [4.78, 5) is 20.6. The van der Waals surface area contributed by atoms with Gasteiger partial charge in [0.1, 0.15) is 0 Å². The average molecular weight is 816 g/mol. The van der Waals surface area contributed by atoms with Crippen LogP contribution in [0.4, 0.5) is 0 Å². The molecule has 0 aromatic carbocycles. The Morgan fingerprint density at radius 1 is 0.228 bits per heavy atom. The fraction of sp³-hybridized carbons (Fsp3) is 0.962. The molecule has 0 radical (unpaired) electrons.